The maximum Gasteiger partial charge on any atom is 0.264 e. The van der Waals surface area contributed by atoms with Gasteiger partial charge in [-0.25, -0.2) is 4.99 Å². The molecule has 0 saturated carbocycles. The summed E-state index contributed by atoms with van der Waals surface area (Å²) in [5.41, 5.74) is 6.36. The molecule has 172 valence electrons. The van der Waals surface area contributed by atoms with Crippen LogP contribution in [0, 0.1) is 6.92 Å². The van der Waals surface area contributed by atoms with Gasteiger partial charge in [-0.05, 0) is 92.9 Å². The third-order valence-corrected chi connectivity index (χ3v) is 7.62. The number of amides is 1. The van der Waals surface area contributed by atoms with Gasteiger partial charge in [0.1, 0.15) is 0 Å². The van der Waals surface area contributed by atoms with E-state index >= 15 is 0 Å². The van der Waals surface area contributed by atoms with Crippen molar-refractivity contribution in [2.24, 2.45) is 4.99 Å². The van der Waals surface area contributed by atoms with E-state index in [-0.39, 0.29) is 11.4 Å². The van der Waals surface area contributed by atoms with Gasteiger partial charge in [-0.2, -0.15) is 0 Å². The molecule has 0 atom stereocenters. The molecule has 2 heterocycles. The van der Waals surface area contributed by atoms with Crippen molar-refractivity contribution in [3.8, 4) is 0 Å². The fourth-order valence-corrected chi connectivity index (χ4v) is 5.51. The molecule has 2 aromatic rings. The lowest BCUT2D eigenvalue weighted by Gasteiger charge is -2.43. The van der Waals surface area contributed by atoms with Gasteiger partial charge in [0.25, 0.3) is 5.91 Å². The van der Waals surface area contributed by atoms with E-state index in [0.29, 0.717) is 25.8 Å². The molecule has 1 saturated heterocycles. The first-order valence-electron chi connectivity index (χ1n) is 11.0. The molecule has 1 amide bonds. The average molecular weight is 500 g/mol. The zero-order chi connectivity index (χ0) is 23.9. The summed E-state index contributed by atoms with van der Waals surface area (Å²) in [4.78, 5) is 20.2. The number of fused-ring (bicyclic) bond motifs is 1. The third-order valence-electron chi connectivity index (χ3n) is 5.90. The number of hydrogen-bond acceptors (Lipinski definition) is 4. The minimum absolute atomic E-state index is 0.0340. The quantitative estimate of drug-likeness (QED) is 0.440. The molecular formula is C26H27Cl2N3OS. The Morgan fingerprint density at radius 1 is 1.21 bits per heavy atom. The Labute approximate surface area is 209 Å². The van der Waals surface area contributed by atoms with Crippen LogP contribution in [0.3, 0.4) is 0 Å². The van der Waals surface area contributed by atoms with Gasteiger partial charge in [0.15, 0.2) is 5.17 Å². The molecule has 2 aromatic carbocycles. The van der Waals surface area contributed by atoms with E-state index in [1.165, 1.54) is 28.6 Å². The minimum Gasteiger partial charge on any atom is -0.362 e. The zero-order valence-corrected chi connectivity index (χ0v) is 21.8. The van der Waals surface area contributed by atoms with Crippen molar-refractivity contribution in [1.82, 2.24) is 5.32 Å². The highest BCUT2D eigenvalue weighted by atomic mass is 35.5. The molecule has 0 unspecified atom stereocenters. The molecule has 1 fully saturated rings. The number of carbonyl (C=O) groups is 1. The Bertz CT molecular complexity index is 1230. The zero-order valence-electron chi connectivity index (χ0n) is 19.4. The first kappa shape index (κ1) is 23.9. The Balaban J connectivity index is 1.69. The summed E-state index contributed by atoms with van der Waals surface area (Å²) in [5, 5.41) is 4.11. The molecule has 4 rings (SSSR count). The highest BCUT2D eigenvalue weighted by molar-refractivity contribution is 8.18. The van der Waals surface area contributed by atoms with Crippen molar-refractivity contribution in [3.63, 3.8) is 0 Å². The summed E-state index contributed by atoms with van der Waals surface area (Å²) in [5.74, 6) is -0.171. The van der Waals surface area contributed by atoms with Crippen molar-refractivity contribution in [2.45, 2.75) is 46.6 Å². The van der Waals surface area contributed by atoms with Gasteiger partial charge < -0.3 is 10.2 Å². The van der Waals surface area contributed by atoms with Crippen molar-refractivity contribution in [3.05, 3.63) is 68.0 Å². The number of rotatable bonds is 4. The Morgan fingerprint density at radius 2 is 1.97 bits per heavy atom. The maximum atomic E-state index is 12.7. The van der Waals surface area contributed by atoms with Crippen molar-refractivity contribution in [2.75, 3.05) is 11.4 Å². The molecule has 2 aliphatic heterocycles. The summed E-state index contributed by atoms with van der Waals surface area (Å²) in [6, 6.07) is 9.69. The first-order valence-corrected chi connectivity index (χ1v) is 12.5. The Hall–Kier alpha value is -2.21. The number of allylic oxidation sites excluding steroid dienone is 1. The van der Waals surface area contributed by atoms with Crippen LogP contribution in [0.4, 0.5) is 11.4 Å². The van der Waals surface area contributed by atoms with Gasteiger partial charge in [-0.1, -0.05) is 42.3 Å². The number of amidine groups is 1. The molecular weight excluding hydrogens is 473 g/mol. The summed E-state index contributed by atoms with van der Waals surface area (Å²) < 4.78 is 0. The van der Waals surface area contributed by atoms with Gasteiger partial charge in [-0.3, -0.25) is 4.79 Å². The number of aliphatic imine (C=N–C) groups is 1. The number of thioether (sulfide) groups is 1. The minimum atomic E-state index is -0.171. The summed E-state index contributed by atoms with van der Waals surface area (Å²) in [6.07, 6.45) is 5.35. The second-order valence-electron chi connectivity index (χ2n) is 8.91. The van der Waals surface area contributed by atoms with Gasteiger partial charge >= 0.3 is 0 Å². The second-order valence-corrected chi connectivity index (χ2v) is 10.7. The SMILES string of the molecule is CCCN1c2cc(C)c(/C=C3/SC(=Nc4cccc(Cl)c4Cl)NC3=O)cc2C(C)=CC1(C)C. The number of halogens is 2. The third kappa shape index (κ3) is 4.72. The Morgan fingerprint density at radius 3 is 2.70 bits per heavy atom. The van der Waals surface area contributed by atoms with Crippen LogP contribution in [0.25, 0.3) is 11.6 Å². The molecule has 0 bridgehead atoms. The van der Waals surface area contributed by atoms with Crippen LogP contribution < -0.4 is 10.2 Å². The van der Waals surface area contributed by atoms with Crippen LogP contribution in [-0.2, 0) is 4.79 Å². The summed E-state index contributed by atoms with van der Waals surface area (Å²) in [7, 11) is 0. The number of benzene rings is 2. The lowest BCUT2D eigenvalue weighted by atomic mass is 9.86. The fraction of sp³-hybridized carbons (Fsp3) is 0.308. The van der Waals surface area contributed by atoms with E-state index in [4.69, 9.17) is 23.2 Å². The standard InChI is InChI=1S/C26H27Cl2N3OS/c1-6-10-31-21-11-15(2)17(12-18(21)16(3)14-26(31,4)5)13-22-24(32)30-25(33-22)29-20-9-7-8-19(27)23(20)28/h7-9,11-14H,6,10H2,1-5H3,(H,29,30,32)/b22-13+. The summed E-state index contributed by atoms with van der Waals surface area (Å²) in [6.45, 7) is 12.0. The summed E-state index contributed by atoms with van der Waals surface area (Å²) >= 11 is 13.6. The number of aryl methyl sites for hydroxylation is 1. The van der Waals surface area contributed by atoms with E-state index in [9.17, 15) is 4.79 Å². The normalized spacial score (nSPS) is 19.7. The van der Waals surface area contributed by atoms with Crippen LogP contribution >= 0.6 is 35.0 Å². The predicted molar refractivity (Wildman–Crippen MR) is 144 cm³/mol. The number of nitrogens with zero attached hydrogens (tertiary/aromatic N) is 2. The monoisotopic (exact) mass is 499 g/mol. The van der Waals surface area contributed by atoms with Crippen LogP contribution in [0.15, 0.2) is 46.3 Å². The van der Waals surface area contributed by atoms with Gasteiger partial charge in [0.2, 0.25) is 0 Å². The van der Waals surface area contributed by atoms with Crippen LogP contribution in [0.1, 0.15) is 50.8 Å². The van der Waals surface area contributed by atoms with Gasteiger partial charge in [0.05, 0.1) is 26.2 Å². The smallest absolute Gasteiger partial charge is 0.264 e. The van der Waals surface area contributed by atoms with Gasteiger partial charge in [-0.15, -0.1) is 0 Å². The van der Waals surface area contributed by atoms with Crippen LogP contribution in [0.2, 0.25) is 10.0 Å². The number of anilines is 1. The second kappa shape index (κ2) is 9.21. The molecule has 1 N–H and O–H groups in total. The molecule has 2 aliphatic rings. The highest BCUT2D eigenvalue weighted by Gasteiger charge is 2.31. The van der Waals surface area contributed by atoms with E-state index in [0.717, 1.165) is 24.1 Å². The topological polar surface area (TPSA) is 44.7 Å². The van der Waals surface area contributed by atoms with Crippen molar-refractivity contribution in [1.29, 1.82) is 0 Å². The van der Waals surface area contributed by atoms with Gasteiger partial charge in [0, 0.05) is 17.8 Å². The van der Waals surface area contributed by atoms with E-state index in [1.807, 2.05) is 6.08 Å². The van der Waals surface area contributed by atoms with Crippen LogP contribution in [0.5, 0.6) is 0 Å². The molecule has 0 aliphatic carbocycles. The highest BCUT2D eigenvalue weighted by Crippen LogP contribution is 2.41. The number of nitrogens with one attached hydrogen (secondary N) is 1. The fourth-order valence-electron chi connectivity index (χ4n) is 4.34. The van der Waals surface area contributed by atoms with Crippen molar-refractivity contribution >= 4 is 69.1 Å². The first-order chi connectivity index (χ1) is 15.6. The maximum absolute atomic E-state index is 12.7. The molecule has 4 nitrogen and oxygen atoms in total. The van der Waals surface area contributed by atoms with Crippen LogP contribution in [-0.4, -0.2) is 23.2 Å². The van der Waals surface area contributed by atoms with E-state index < -0.39 is 0 Å². The number of carbonyl (C=O) groups excluding carboxylic acids is 1. The lowest BCUT2D eigenvalue weighted by molar-refractivity contribution is -0.115. The molecule has 7 heteroatoms. The average Bonchev–Trinajstić information content (AvgIpc) is 3.08. The predicted octanol–water partition coefficient (Wildman–Crippen LogP) is 7.61. The molecule has 0 radical (unpaired) electrons. The van der Waals surface area contributed by atoms with E-state index in [2.05, 4.69) is 68.0 Å². The molecule has 0 aromatic heterocycles. The molecule has 33 heavy (non-hydrogen) atoms. The van der Waals surface area contributed by atoms with E-state index in [1.54, 1.807) is 18.2 Å². The Kier molecular flexibility index (Phi) is 6.68. The number of hydrogen-bond donors (Lipinski definition) is 1. The lowest BCUT2D eigenvalue weighted by Crippen LogP contribution is -2.45. The molecule has 0 spiro atoms. The van der Waals surface area contributed by atoms with Crippen molar-refractivity contribution < 1.29 is 4.79 Å². The largest absolute Gasteiger partial charge is 0.362 e.